The van der Waals surface area contributed by atoms with Crippen molar-refractivity contribution in [1.82, 2.24) is 10.2 Å². The predicted molar refractivity (Wildman–Crippen MR) is 122 cm³/mol. The van der Waals surface area contributed by atoms with E-state index in [0.29, 0.717) is 31.0 Å². The Balaban J connectivity index is 1.59. The lowest BCUT2D eigenvalue weighted by Gasteiger charge is -2.26. The number of morpholine rings is 1. The molecule has 2 aromatic rings. The maximum Gasteiger partial charge on any atom is 0.261 e. The Morgan fingerprint density at radius 3 is 2.55 bits per heavy atom. The molecule has 0 aromatic heterocycles. The molecule has 1 saturated heterocycles. The molecule has 3 rings (SSSR count). The molecule has 1 fully saturated rings. The molecule has 7 nitrogen and oxygen atoms in total. The molecule has 1 aliphatic rings. The van der Waals surface area contributed by atoms with Gasteiger partial charge in [-0.15, -0.1) is 0 Å². The molecule has 0 bridgehead atoms. The largest absolute Gasteiger partial charge is 0.379 e. The van der Waals surface area contributed by atoms with E-state index in [-0.39, 0.29) is 10.8 Å². The number of hydrogen-bond acceptors (Lipinski definition) is 5. The van der Waals surface area contributed by atoms with E-state index in [1.165, 1.54) is 17.7 Å². The first-order chi connectivity index (χ1) is 15.0. The van der Waals surface area contributed by atoms with Crippen LogP contribution in [0.25, 0.3) is 0 Å². The van der Waals surface area contributed by atoms with E-state index in [1.54, 1.807) is 24.3 Å². The van der Waals surface area contributed by atoms with Crippen molar-refractivity contribution in [2.75, 3.05) is 44.1 Å². The number of unbranched alkanes of at least 4 members (excludes halogenated alkanes) is 1. The lowest BCUT2D eigenvalue weighted by molar-refractivity contribution is 0.0383. The highest BCUT2D eigenvalue weighted by Crippen LogP contribution is 2.18. The Kier molecular flexibility index (Phi) is 8.45. The first kappa shape index (κ1) is 23.2. The Labute approximate surface area is 184 Å². The van der Waals surface area contributed by atoms with Gasteiger partial charge in [-0.1, -0.05) is 31.5 Å². The number of amides is 1. The van der Waals surface area contributed by atoms with E-state index >= 15 is 0 Å². The summed E-state index contributed by atoms with van der Waals surface area (Å²) in [7, 11) is -3.79. The van der Waals surface area contributed by atoms with Gasteiger partial charge in [0.1, 0.15) is 0 Å². The standard InChI is InChI=1S/C23H31N3O4S/c1-2-3-5-19-8-10-21(11-9-19)25-31(28,29)22-7-4-6-20(18-22)23(27)24-12-13-26-14-16-30-17-15-26/h4,6-11,18,25H,2-3,5,12-17H2,1H3,(H,24,27). The second-order valence-corrected chi connectivity index (χ2v) is 9.33. The van der Waals surface area contributed by atoms with Gasteiger partial charge >= 0.3 is 0 Å². The fourth-order valence-electron chi connectivity index (χ4n) is 3.39. The van der Waals surface area contributed by atoms with Crippen LogP contribution in [0.4, 0.5) is 5.69 Å². The van der Waals surface area contributed by atoms with E-state index in [1.807, 2.05) is 12.1 Å². The fraction of sp³-hybridized carbons (Fsp3) is 0.435. The summed E-state index contributed by atoms with van der Waals surface area (Å²) in [6, 6.07) is 13.5. The van der Waals surface area contributed by atoms with Crippen molar-refractivity contribution in [3.63, 3.8) is 0 Å². The van der Waals surface area contributed by atoms with E-state index < -0.39 is 10.0 Å². The van der Waals surface area contributed by atoms with Gasteiger partial charge < -0.3 is 10.1 Å². The summed E-state index contributed by atoms with van der Waals surface area (Å²) in [5, 5.41) is 2.86. The van der Waals surface area contributed by atoms with Crippen molar-refractivity contribution in [1.29, 1.82) is 0 Å². The first-order valence-corrected chi connectivity index (χ1v) is 12.3. The minimum absolute atomic E-state index is 0.0587. The van der Waals surface area contributed by atoms with Gasteiger partial charge in [0.15, 0.2) is 0 Å². The number of carbonyl (C=O) groups excluding carboxylic acids is 1. The van der Waals surface area contributed by atoms with Gasteiger partial charge in [0.2, 0.25) is 0 Å². The summed E-state index contributed by atoms with van der Waals surface area (Å²) in [5.41, 5.74) is 2.00. The Morgan fingerprint density at radius 2 is 1.84 bits per heavy atom. The molecule has 168 valence electrons. The van der Waals surface area contributed by atoms with Crippen molar-refractivity contribution in [2.24, 2.45) is 0 Å². The van der Waals surface area contributed by atoms with Gasteiger partial charge in [-0.05, 0) is 48.7 Å². The fourth-order valence-corrected chi connectivity index (χ4v) is 4.50. The highest BCUT2D eigenvalue weighted by atomic mass is 32.2. The van der Waals surface area contributed by atoms with Crippen LogP contribution in [0, 0.1) is 0 Å². The van der Waals surface area contributed by atoms with E-state index in [9.17, 15) is 13.2 Å². The number of aryl methyl sites for hydroxylation is 1. The van der Waals surface area contributed by atoms with Crippen molar-refractivity contribution in [3.05, 3.63) is 59.7 Å². The topological polar surface area (TPSA) is 87.7 Å². The number of nitrogens with zero attached hydrogens (tertiary/aromatic N) is 1. The smallest absolute Gasteiger partial charge is 0.261 e. The van der Waals surface area contributed by atoms with E-state index in [4.69, 9.17) is 4.74 Å². The summed E-state index contributed by atoms with van der Waals surface area (Å²) in [5.74, 6) is -0.286. The Hall–Kier alpha value is -2.42. The summed E-state index contributed by atoms with van der Waals surface area (Å²) < 4.78 is 33.5. The number of rotatable bonds is 10. The minimum atomic E-state index is -3.79. The third-order valence-electron chi connectivity index (χ3n) is 5.25. The van der Waals surface area contributed by atoms with Crippen molar-refractivity contribution in [2.45, 2.75) is 31.1 Å². The lowest BCUT2D eigenvalue weighted by atomic mass is 10.1. The third-order valence-corrected chi connectivity index (χ3v) is 6.63. The molecule has 8 heteroatoms. The third kappa shape index (κ3) is 7.05. The number of ether oxygens (including phenoxy) is 1. The molecule has 0 saturated carbocycles. The molecule has 0 spiro atoms. The Bertz CT molecular complexity index is 955. The van der Waals surface area contributed by atoms with Gasteiger partial charge in [-0.25, -0.2) is 8.42 Å². The van der Waals surface area contributed by atoms with Gasteiger partial charge in [0.25, 0.3) is 15.9 Å². The number of nitrogens with one attached hydrogen (secondary N) is 2. The number of benzene rings is 2. The van der Waals surface area contributed by atoms with Crippen LogP contribution < -0.4 is 10.0 Å². The number of anilines is 1. The second-order valence-electron chi connectivity index (χ2n) is 7.64. The molecule has 1 amide bonds. The van der Waals surface area contributed by atoms with Crippen molar-refractivity contribution in [3.8, 4) is 0 Å². The maximum atomic E-state index is 12.8. The van der Waals surface area contributed by atoms with Crippen LogP contribution in [0.15, 0.2) is 53.4 Å². The Morgan fingerprint density at radius 1 is 1.10 bits per heavy atom. The molecule has 0 unspecified atom stereocenters. The zero-order chi connectivity index (χ0) is 22.1. The summed E-state index contributed by atoms with van der Waals surface area (Å²) >= 11 is 0. The number of hydrogen-bond donors (Lipinski definition) is 2. The van der Waals surface area contributed by atoms with Crippen LogP contribution in [0.5, 0.6) is 0 Å². The zero-order valence-electron chi connectivity index (χ0n) is 18.0. The monoisotopic (exact) mass is 445 g/mol. The second kappa shape index (κ2) is 11.3. The van der Waals surface area contributed by atoms with Gasteiger partial charge in [-0.3, -0.25) is 14.4 Å². The lowest BCUT2D eigenvalue weighted by Crippen LogP contribution is -2.41. The maximum absolute atomic E-state index is 12.8. The van der Waals surface area contributed by atoms with Crippen molar-refractivity contribution < 1.29 is 17.9 Å². The molecule has 2 aromatic carbocycles. The number of sulfonamides is 1. The average Bonchev–Trinajstić information content (AvgIpc) is 2.79. The van der Waals surface area contributed by atoms with Gasteiger partial charge in [0, 0.05) is 37.4 Å². The van der Waals surface area contributed by atoms with E-state index in [2.05, 4.69) is 21.9 Å². The molecular weight excluding hydrogens is 414 g/mol. The molecule has 2 N–H and O–H groups in total. The quantitative estimate of drug-likeness (QED) is 0.587. The van der Waals surface area contributed by atoms with Crippen LogP contribution in [-0.4, -0.2) is 58.6 Å². The average molecular weight is 446 g/mol. The molecule has 0 radical (unpaired) electrons. The normalized spacial score (nSPS) is 14.9. The highest BCUT2D eigenvalue weighted by Gasteiger charge is 2.17. The molecule has 0 aliphatic carbocycles. The van der Waals surface area contributed by atoms with Crippen LogP contribution in [0.2, 0.25) is 0 Å². The SMILES string of the molecule is CCCCc1ccc(NS(=O)(=O)c2cccc(C(=O)NCCN3CCOCC3)c2)cc1. The predicted octanol–water partition coefficient (Wildman–Crippen LogP) is 2.89. The van der Waals surface area contributed by atoms with E-state index in [0.717, 1.165) is 38.9 Å². The van der Waals surface area contributed by atoms with Crippen molar-refractivity contribution >= 4 is 21.6 Å². The molecule has 1 aliphatic heterocycles. The van der Waals surface area contributed by atoms with Crippen LogP contribution >= 0.6 is 0 Å². The molecular formula is C23H31N3O4S. The first-order valence-electron chi connectivity index (χ1n) is 10.8. The molecule has 1 heterocycles. The van der Waals surface area contributed by atoms with Crippen LogP contribution in [-0.2, 0) is 21.2 Å². The number of carbonyl (C=O) groups is 1. The van der Waals surface area contributed by atoms with Crippen LogP contribution in [0.3, 0.4) is 0 Å². The zero-order valence-corrected chi connectivity index (χ0v) is 18.8. The summed E-state index contributed by atoms with van der Waals surface area (Å²) in [6.07, 6.45) is 3.20. The minimum Gasteiger partial charge on any atom is -0.379 e. The molecule has 31 heavy (non-hydrogen) atoms. The van der Waals surface area contributed by atoms with Gasteiger partial charge in [-0.2, -0.15) is 0 Å². The summed E-state index contributed by atoms with van der Waals surface area (Å²) in [6.45, 7) is 6.51. The highest BCUT2D eigenvalue weighted by molar-refractivity contribution is 7.92. The summed E-state index contributed by atoms with van der Waals surface area (Å²) in [4.78, 5) is 14.8. The molecule has 0 atom stereocenters. The van der Waals surface area contributed by atoms with Crippen LogP contribution in [0.1, 0.15) is 35.7 Å². The van der Waals surface area contributed by atoms with Gasteiger partial charge in [0.05, 0.1) is 18.1 Å².